The highest BCUT2D eigenvalue weighted by Gasteiger charge is 2.21. The van der Waals surface area contributed by atoms with Gasteiger partial charge in [-0.3, -0.25) is 4.90 Å². The summed E-state index contributed by atoms with van der Waals surface area (Å²) < 4.78 is 5.41. The fourth-order valence-electron chi connectivity index (χ4n) is 2.20. The predicted octanol–water partition coefficient (Wildman–Crippen LogP) is 3.65. The maximum absolute atomic E-state index is 10.9. The molecule has 0 aliphatic heterocycles. The van der Waals surface area contributed by atoms with Crippen LogP contribution in [-0.2, 0) is 0 Å². The Morgan fingerprint density at radius 2 is 1.68 bits per heavy atom. The van der Waals surface area contributed by atoms with E-state index >= 15 is 0 Å². The van der Waals surface area contributed by atoms with E-state index in [1.54, 1.807) is 6.07 Å². The highest BCUT2D eigenvalue weighted by atomic mass is 16.4. The van der Waals surface area contributed by atoms with Crippen LogP contribution in [0.15, 0.2) is 16.5 Å². The van der Waals surface area contributed by atoms with Crippen molar-refractivity contribution < 1.29 is 14.3 Å². The summed E-state index contributed by atoms with van der Waals surface area (Å²) in [6.45, 7) is 12.8. The molecular formula is C15H25NO3. The van der Waals surface area contributed by atoms with Gasteiger partial charge in [-0.2, -0.15) is 0 Å². The van der Waals surface area contributed by atoms with E-state index in [0.717, 1.165) is 18.8 Å². The number of aromatic carboxylic acids is 1. The number of rotatable bonds is 7. The average Bonchev–Trinajstić information content (AvgIpc) is 2.75. The van der Waals surface area contributed by atoms with Crippen LogP contribution in [0.1, 0.15) is 57.0 Å². The van der Waals surface area contributed by atoms with Crippen LogP contribution in [0.25, 0.3) is 0 Å². The summed E-state index contributed by atoms with van der Waals surface area (Å²) in [4.78, 5) is 13.2. The Balaban J connectivity index is 2.84. The molecule has 1 rings (SSSR count). The van der Waals surface area contributed by atoms with E-state index in [1.807, 2.05) is 0 Å². The van der Waals surface area contributed by atoms with Crippen LogP contribution >= 0.6 is 0 Å². The summed E-state index contributed by atoms with van der Waals surface area (Å²) in [5.41, 5.74) is 0. The SMILES string of the molecule is CC(C)CN(CC(C)C)C(C)c1ccc(C(=O)O)o1. The maximum atomic E-state index is 10.9. The Bertz CT molecular complexity index is 399. The monoisotopic (exact) mass is 267 g/mol. The molecule has 1 aromatic heterocycles. The third-order valence-electron chi connectivity index (χ3n) is 3.00. The zero-order chi connectivity index (χ0) is 14.6. The normalized spacial score (nSPS) is 13.5. The summed E-state index contributed by atoms with van der Waals surface area (Å²) in [7, 11) is 0. The first-order chi connectivity index (χ1) is 8.81. The van der Waals surface area contributed by atoms with Crippen molar-refractivity contribution in [2.45, 2.75) is 40.7 Å². The number of hydrogen-bond acceptors (Lipinski definition) is 3. The first-order valence-corrected chi connectivity index (χ1v) is 6.88. The van der Waals surface area contributed by atoms with Gasteiger partial charge in [-0.1, -0.05) is 27.7 Å². The third kappa shape index (κ3) is 4.71. The minimum Gasteiger partial charge on any atom is -0.475 e. The summed E-state index contributed by atoms with van der Waals surface area (Å²) in [6, 6.07) is 3.39. The van der Waals surface area contributed by atoms with Gasteiger partial charge in [0.05, 0.1) is 6.04 Å². The fraction of sp³-hybridized carbons (Fsp3) is 0.667. The van der Waals surface area contributed by atoms with Crippen LogP contribution in [0, 0.1) is 11.8 Å². The van der Waals surface area contributed by atoms with Crippen molar-refractivity contribution >= 4 is 5.97 Å². The molecule has 0 fully saturated rings. The number of hydrogen-bond donors (Lipinski definition) is 1. The molecule has 0 aromatic carbocycles. The highest BCUT2D eigenvalue weighted by Crippen LogP contribution is 2.24. The minimum atomic E-state index is -1.02. The molecule has 0 saturated heterocycles. The summed E-state index contributed by atoms with van der Waals surface area (Å²) in [5, 5.41) is 8.90. The molecule has 0 amide bonds. The van der Waals surface area contributed by atoms with E-state index in [4.69, 9.17) is 9.52 Å². The standard InChI is InChI=1S/C15H25NO3/c1-10(2)8-16(9-11(3)4)12(5)13-6-7-14(19-13)15(17)18/h6-7,10-12H,8-9H2,1-5H3,(H,17,18). The van der Waals surface area contributed by atoms with Crippen molar-refractivity contribution in [3.8, 4) is 0 Å². The Hall–Kier alpha value is -1.29. The van der Waals surface area contributed by atoms with Crippen molar-refractivity contribution in [1.29, 1.82) is 0 Å². The van der Waals surface area contributed by atoms with E-state index in [-0.39, 0.29) is 11.8 Å². The Morgan fingerprint density at radius 1 is 1.16 bits per heavy atom. The van der Waals surface area contributed by atoms with E-state index in [2.05, 4.69) is 39.5 Å². The van der Waals surface area contributed by atoms with Crippen LogP contribution in [0.3, 0.4) is 0 Å². The van der Waals surface area contributed by atoms with Crippen LogP contribution in [0.5, 0.6) is 0 Å². The third-order valence-corrected chi connectivity index (χ3v) is 3.00. The van der Waals surface area contributed by atoms with Gasteiger partial charge in [0.15, 0.2) is 0 Å². The first-order valence-electron chi connectivity index (χ1n) is 6.88. The largest absolute Gasteiger partial charge is 0.475 e. The molecule has 1 atom stereocenters. The number of carboxylic acids is 1. The second kappa shape index (κ2) is 6.75. The molecule has 4 nitrogen and oxygen atoms in total. The van der Waals surface area contributed by atoms with E-state index in [9.17, 15) is 4.79 Å². The predicted molar refractivity (Wildman–Crippen MR) is 75.3 cm³/mol. The van der Waals surface area contributed by atoms with Crippen molar-refractivity contribution in [2.75, 3.05) is 13.1 Å². The smallest absolute Gasteiger partial charge is 0.371 e. The molecule has 0 aliphatic rings. The molecular weight excluding hydrogens is 242 g/mol. The Morgan fingerprint density at radius 3 is 2.05 bits per heavy atom. The molecule has 1 N–H and O–H groups in total. The van der Waals surface area contributed by atoms with Gasteiger partial charge in [0.25, 0.3) is 0 Å². The van der Waals surface area contributed by atoms with Gasteiger partial charge in [0, 0.05) is 13.1 Å². The molecule has 0 spiro atoms. The second-order valence-electron chi connectivity index (χ2n) is 5.92. The van der Waals surface area contributed by atoms with Crippen molar-refractivity contribution in [2.24, 2.45) is 11.8 Å². The lowest BCUT2D eigenvalue weighted by atomic mass is 10.1. The minimum absolute atomic E-state index is 0.0101. The van der Waals surface area contributed by atoms with Gasteiger partial charge in [-0.25, -0.2) is 4.79 Å². The second-order valence-corrected chi connectivity index (χ2v) is 5.92. The van der Waals surface area contributed by atoms with Crippen molar-refractivity contribution in [1.82, 2.24) is 4.90 Å². The molecule has 4 heteroatoms. The van der Waals surface area contributed by atoms with Crippen LogP contribution < -0.4 is 0 Å². The van der Waals surface area contributed by atoms with Gasteiger partial charge in [0.2, 0.25) is 5.76 Å². The molecule has 0 saturated carbocycles. The quantitative estimate of drug-likeness (QED) is 0.819. The molecule has 1 unspecified atom stereocenters. The van der Waals surface area contributed by atoms with Crippen molar-refractivity contribution in [3.63, 3.8) is 0 Å². The number of carbonyl (C=O) groups is 1. The van der Waals surface area contributed by atoms with Gasteiger partial charge < -0.3 is 9.52 Å². The lowest BCUT2D eigenvalue weighted by Crippen LogP contribution is -2.33. The topological polar surface area (TPSA) is 53.7 Å². The molecule has 0 radical (unpaired) electrons. The molecule has 19 heavy (non-hydrogen) atoms. The summed E-state index contributed by atoms with van der Waals surface area (Å²) in [6.07, 6.45) is 0. The van der Waals surface area contributed by atoms with Gasteiger partial charge >= 0.3 is 5.97 Å². The maximum Gasteiger partial charge on any atom is 0.371 e. The number of nitrogens with zero attached hydrogens (tertiary/aromatic N) is 1. The zero-order valence-corrected chi connectivity index (χ0v) is 12.5. The summed E-state index contributed by atoms with van der Waals surface area (Å²) in [5.74, 6) is 0.845. The number of furan rings is 1. The molecule has 1 heterocycles. The van der Waals surface area contributed by atoms with Crippen LogP contribution in [0.4, 0.5) is 0 Å². The summed E-state index contributed by atoms with van der Waals surface area (Å²) >= 11 is 0. The first kappa shape index (κ1) is 15.8. The molecule has 1 aromatic rings. The lowest BCUT2D eigenvalue weighted by Gasteiger charge is -2.30. The fourth-order valence-corrected chi connectivity index (χ4v) is 2.20. The zero-order valence-electron chi connectivity index (χ0n) is 12.5. The number of carboxylic acid groups (broad SMARTS) is 1. The van der Waals surface area contributed by atoms with Gasteiger partial charge in [-0.15, -0.1) is 0 Å². The van der Waals surface area contributed by atoms with E-state index in [0.29, 0.717) is 11.8 Å². The molecule has 0 bridgehead atoms. The Labute approximate surface area is 115 Å². The van der Waals surface area contributed by atoms with Crippen LogP contribution in [-0.4, -0.2) is 29.1 Å². The van der Waals surface area contributed by atoms with E-state index < -0.39 is 5.97 Å². The molecule has 0 aliphatic carbocycles. The Kier molecular flexibility index (Phi) is 5.60. The van der Waals surface area contributed by atoms with Crippen LogP contribution in [0.2, 0.25) is 0 Å². The van der Waals surface area contributed by atoms with Gasteiger partial charge in [0.1, 0.15) is 5.76 Å². The average molecular weight is 267 g/mol. The highest BCUT2D eigenvalue weighted by molar-refractivity contribution is 5.84. The molecule has 108 valence electrons. The van der Waals surface area contributed by atoms with Gasteiger partial charge in [-0.05, 0) is 30.9 Å². The lowest BCUT2D eigenvalue weighted by molar-refractivity contribution is 0.0654. The van der Waals surface area contributed by atoms with Crippen molar-refractivity contribution in [3.05, 3.63) is 23.7 Å². The van der Waals surface area contributed by atoms with E-state index in [1.165, 1.54) is 6.07 Å².